The summed E-state index contributed by atoms with van der Waals surface area (Å²) in [5.74, 6) is 1.08. The van der Waals surface area contributed by atoms with Crippen molar-refractivity contribution in [2.45, 2.75) is 97.8 Å². The lowest BCUT2D eigenvalue weighted by molar-refractivity contribution is 0.00578. The molecule has 0 spiro atoms. The van der Waals surface area contributed by atoms with E-state index in [0.717, 1.165) is 42.7 Å². The quantitative estimate of drug-likeness (QED) is 0.107. The minimum atomic E-state index is -0.600. The van der Waals surface area contributed by atoms with Crippen LogP contribution in [0.1, 0.15) is 94.2 Å². The smallest absolute Gasteiger partial charge is 0.399 e. The first-order chi connectivity index (χ1) is 22.9. The second-order valence-corrected chi connectivity index (χ2v) is 15.3. The van der Waals surface area contributed by atoms with Gasteiger partial charge in [-0.1, -0.05) is 142 Å². The summed E-state index contributed by atoms with van der Waals surface area (Å²) in [7, 11) is -0.365. The van der Waals surface area contributed by atoms with Gasteiger partial charge in [-0.15, -0.1) is 0 Å². The third kappa shape index (κ3) is 6.43. The summed E-state index contributed by atoms with van der Waals surface area (Å²) >= 11 is 0. The Morgan fingerprint density at radius 1 is 0.708 bits per heavy atom. The second kappa shape index (κ2) is 13.2. The third-order valence-corrected chi connectivity index (χ3v) is 10.9. The molecule has 6 rings (SSSR count). The molecule has 5 heteroatoms. The lowest BCUT2D eigenvalue weighted by atomic mass is 9.75. The molecule has 0 radical (unpaired) electrons. The molecule has 0 unspecified atom stereocenters. The summed E-state index contributed by atoms with van der Waals surface area (Å²) < 4.78 is 15.3. The number of aromatic nitrogens is 2. The Balaban J connectivity index is 1.45. The van der Waals surface area contributed by atoms with Crippen molar-refractivity contribution in [2.24, 2.45) is 5.41 Å². The molecule has 1 aliphatic heterocycles. The van der Waals surface area contributed by atoms with Crippen LogP contribution < -0.4 is 5.46 Å². The first-order valence-electron chi connectivity index (χ1n) is 17.6. The molecule has 4 nitrogen and oxygen atoms in total. The van der Waals surface area contributed by atoms with E-state index in [2.05, 4.69) is 175 Å². The van der Waals surface area contributed by atoms with E-state index < -0.39 is 5.54 Å². The van der Waals surface area contributed by atoms with Crippen LogP contribution in [0.25, 0.3) is 0 Å². The fourth-order valence-corrected chi connectivity index (χ4v) is 6.98. The molecule has 2 heterocycles. The molecule has 248 valence electrons. The van der Waals surface area contributed by atoms with Gasteiger partial charge in [-0.25, -0.2) is 4.98 Å². The number of aryl methyl sites for hydroxylation is 3. The third-order valence-electron chi connectivity index (χ3n) is 10.9. The Morgan fingerprint density at radius 2 is 1.21 bits per heavy atom. The van der Waals surface area contributed by atoms with Crippen LogP contribution in [0.15, 0.2) is 115 Å². The fraction of sp³-hybridized carbons (Fsp3) is 0.372. The molecule has 0 bridgehead atoms. The van der Waals surface area contributed by atoms with Crippen molar-refractivity contribution in [3.8, 4) is 0 Å². The molecule has 1 aliphatic rings. The largest absolute Gasteiger partial charge is 0.495 e. The maximum Gasteiger partial charge on any atom is 0.495 e. The summed E-state index contributed by atoms with van der Waals surface area (Å²) in [5.41, 5.74) is 7.15. The molecule has 0 N–H and O–H groups in total. The van der Waals surface area contributed by atoms with Gasteiger partial charge in [0.15, 0.2) is 0 Å². The van der Waals surface area contributed by atoms with Crippen LogP contribution in [0.3, 0.4) is 0 Å². The monoisotopic (exact) mass is 638 g/mol. The van der Waals surface area contributed by atoms with Crippen molar-refractivity contribution in [1.29, 1.82) is 0 Å². The van der Waals surface area contributed by atoms with Gasteiger partial charge in [-0.2, -0.15) is 0 Å². The highest BCUT2D eigenvalue weighted by Gasteiger charge is 2.52. The van der Waals surface area contributed by atoms with Gasteiger partial charge >= 0.3 is 7.12 Å². The van der Waals surface area contributed by atoms with E-state index in [1.807, 2.05) is 0 Å². The molecule has 5 aromatic rings. The Hall–Kier alpha value is -3.93. The molecular weight excluding hydrogens is 587 g/mol. The van der Waals surface area contributed by atoms with Crippen molar-refractivity contribution < 1.29 is 9.31 Å². The average Bonchev–Trinajstić information content (AvgIpc) is 3.56. The van der Waals surface area contributed by atoms with Crippen molar-refractivity contribution in [3.63, 3.8) is 0 Å². The van der Waals surface area contributed by atoms with E-state index in [9.17, 15) is 0 Å². The number of nitrogens with zero attached hydrogens (tertiary/aromatic N) is 2. The maximum absolute atomic E-state index is 6.40. The predicted octanol–water partition coefficient (Wildman–Crippen LogP) is 9.09. The second-order valence-electron chi connectivity index (χ2n) is 15.3. The molecule has 0 atom stereocenters. The summed E-state index contributed by atoms with van der Waals surface area (Å²) in [6.07, 6.45) is 6.01. The molecule has 1 fully saturated rings. The summed E-state index contributed by atoms with van der Waals surface area (Å²) in [5, 5.41) is 0. The van der Waals surface area contributed by atoms with Crippen LogP contribution in [0, 0.1) is 12.3 Å². The molecule has 0 aliphatic carbocycles. The van der Waals surface area contributed by atoms with Crippen molar-refractivity contribution in [3.05, 3.63) is 155 Å². The van der Waals surface area contributed by atoms with E-state index in [1.54, 1.807) is 0 Å². The highest BCUT2D eigenvalue weighted by atomic mass is 16.7. The summed E-state index contributed by atoms with van der Waals surface area (Å²) in [6.45, 7) is 17.6. The van der Waals surface area contributed by atoms with Crippen molar-refractivity contribution in [1.82, 2.24) is 9.55 Å². The summed E-state index contributed by atoms with van der Waals surface area (Å²) in [6, 6.07) is 39.5. The zero-order valence-corrected chi connectivity index (χ0v) is 30.1. The van der Waals surface area contributed by atoms with Crippen LogP contribution in [0.2, 0.25) is 0 Å². The molecular formula is C43H51BN2O2. The zero-order chi connectivity index (χ0) is 34.2. The highest BCUT2D eigenvalue weighted by molar-refractivity contribution is 6.62. The first kappa shape index (κ1) is 34.0. The molecule has 1 saturated heterocycles. The highest BCUT2D eigenvalue weighted by Crippen LogP contribution is 2.42. The Bertz CT molecular complexity index is 1710. The van der Waals surface area contributed by atoms with Crippen LogP contribution in [-0.2, 0) is 34.1 Å². The van der Waals surface area contributed by atoms with Gasteiger partial charge in [0.25, 0.3) is 0 Å². The predicted molar refractivity (Wildman–Crippen MR) is 199 cm³/mol. The normalized spacial score (nSPS) is 16.0. The first-order valence-corrected chi connectivity index (χ1v) is 17.6. The van der Waals surface area contributed by atoms with E-state index in [-0.39, 0.29) is 23.7 Å². The van der Waals surface area contributed by atoms with Crippen LogP contribution >= 0.6 is 0 Å². The van der Waals surface area contributed by atoms with E-state index in [4.69, 9.17) is 14.3 Å². The standard InChI is InChI=1S/C43H51BN2O2/c1-9-40(3,4)30-37-31-46(43(34-19-13-10-14-20-34,35-21-15-11-16-22-35)36-23-17-12-18-24-36)39(45-37)28-26-33-25-27-38(32(2)29-33)44-47-41(5,6)42(7,8)48-44/h10-25,27,29,31H,9,26,28,30H2,1-8H3. The SMILES string of the molecule is CCC(C)(C)Cc1cn(C(c2ccccc2)(c2ccccc2)c2ccccc2)c(CCc2ccc(B3OC(C)(C)C(C)(C)O3)c(C)c2)n1. The van der Waals surface area contributed by atoms with Gasteiger partial charge in [0.05, 0.1) is 16.9 Å². The van der Waals surface area contributed by atoms with Crippen LogP contribution in [-0.4, -0.2) is 27.9 Å². The zero-order valence-electron chi connectivity index (χ0n) is 30.1. The van der Waals surface area contributed by atoms with Gasteiger partial charge < -0.3 is 13.9 Å². The van der Waals surface area contributed by atoms with E-state index in [1.165, 1.54) is 27.8 Å². The number of benzene rings is 4. The summed E-state index contributed by atoms with van der Waals surface area (Å²) in [4.78, 5) is 5.46. The fourth-order valence-electron chi connectivity index (χ4n) is 6.98. The van der Waals surface area contributed by atoms with Gasteiger partial charge in [-0.05, 0) is 80.6 Å². The number of rotatable bonds is 11. The maximum atomic E-state index is 6.40. The Morgan fingerprint density at radius 3 is 1.67 bits per heavy atom. The van der Waals surface area contributed by atoms with Gasteiger partial charge in [0.1, 0.15) is 11.4 Å². The van der Waals surface area contributed by atoms with Gasteiger partial charge in [0, 0.05) is 12.6 Å². The van der Waals surface area contributed by atoms with Crippen LogP contribution in [0.5, 0.6) is 0 Å². The minimum absolute atomic E-state index is 0.145. The van der Waals surface area contributed by atoms with Crippen LogP contribution in [0.4, 0.5) is 0 Å². The van der Waals surface area contributed by atoms with E-state index >= 15 is 0 Å². The molecule has 1 aromatic heterocycles. The number of imidazole rings is 1. The Kier molecular flexibility index (Phi) is 9.32. The molecule has 0 saturated carbocycles. The topological polar surface area (TPSA) is 36.3 Å². The number of hydrogen-bond donors (Lipinski definition) is 0. The van der Waals surface area contributed by atoms with Gasteiger partial charge in [-0.3, -0.25) is 0 Å². The van der Waals surface area contributed by atoms with E-state index in [0.29, 0.717) is 0 Å². The van der Waals surface area contributed by atoms with Gasteiger partial charge in [0.2, 0.25) is 0 Å². The van der Waals surface area contributed by atoms with Crippen molar-refractivity contribution >= 4 is 12.6 Å². The average molecular weight is 639 g/mol. The minimum Gasteiger partial charge on any atom is -0.399 e. The molecule has 0 amide bonds. The number of hydrogen-bond acceptors (Lipinski definition) is 3. The van der Waals surface area contributed by atoms with Crippen molar-refractivity contribution in [2.75, 3.05) is 0 Å². The molecule has 4 aromatic carbocycles. The molecule has 48 heavy (non-hydrogen) atoms. The lowest BCUT2D eigenvalue weighted by Gasteiger charge is -2.38. The Labute approximate surface area is 288 Å². The lowest BCUT2D eigenvalue weighted by Crippen LogP contribution is -2.41.